The minimum atomic E-state index is -1.71. The van der Waals surface area contributed by atoms with E-state index in [1.165, 1.54) is 37.9 Å². The van der Waals surface area contributed by atoms with Crippen molar-refractivity contribution in [3.8, 4) is 0 Å². The van der Waals surface area contributed by atoms with Gasteiger partial charge < -0.3 is 9.16 Å². The van der Waals surface area contributed by atoms with E-state index in [0.717, 1.165) is 6.42 Å². The summed E-state index contributed by atoms with van der Waals surface area (Å²) in [5.41, 5.74) is 0.297. The lowest BCUT2D eigenvalue weighted by atomic mass is 9.66. The molecule has 0 aliphatic heterocycles. The minimum absolute atomic E-state index is 0.271. The molecule has 2 aliphatic carbocycles. The standard InChI is InChI=1S/C19H36O2Si/c1-18(2,3)22(6,7)21-16-12-13-19(4)15(14-16)10-8-9-11-17(19)20-5/h14-15,17H,8-13H2,1-7H3/t15-,17-,19+/m1/s1. The Labute approximate surface area is 138 Å². The molecule has 3 heteroatoms. The van der Waals surface area contributed by atoms with Gasteiger partial charge >= 0.3 is 0 Å². The number of fused-ring (bicyclic) bond motifs is 1. The number of rotatable bonds is 3. The van der Waals surface area contributed by atoms with Crippen LogP contribution in [0.2, 0.25) is 18.1 Å². The summed E-state index contributed by atoms with van der Waals surface area (Å²) in [4.78, 5) is 0. The van der Waals surface area contributed by atoms with Crippen molar-refractivity contribution >= 4 is 8.32 Å². The molecule has 0 radical (unpaired) electrons. The monoisotopic (exact) mass is 324 g/mol. The van der Waals surface area contributed by atoms with Crippen LogP contribution in [-0.4, -0.2) is 21.5 Å². The molecule has 0 saturated heterocycles. The number of hydrogen-bond donors (Lipinski definition) is 0. The Morgan fingerprint density at radius 3 is 2.41 bits per heavy atom. The lowest BCUT2D eigenvalue weighted by molar-refractivity contribution is -0.0366. The SMILES string of the molecule is CO[C@@H]1CCCC[C@@H]2C=C(O[Si](C)(C)C(C)(C)C)CC[C@@]21C. The fourth-order valence-corrected chi connectivity index (χ4v) is 5.00. The average molecular weight is 325 g/mol. The molecule has 0 heterocycles. The van der Waals surface area contributed by atoms with Gasteiger partial charge in [0, 0.05) is 18.9 Å². The average Bonchev–Trinajstić information content (AvgIpc) is 2.56. The molecule has 128 valence electrons. The normalized spacial score (nSPS) is 33.7. The van der Waals surface area contributed by atoms with Crippen molar-refractivity contribution in [1.29, 1.82) is 0 Å². The van der Waals surface area contributed by atoms with Gasteiger partial charge in [-0.05, 0) is 49.4 Å². The Hall–Kier alpha value is -0.283. The van der Waals surface area contributed by atoms with E-state index in [1.807, 2.05) is 7.11 Å². The summed E-state index contributed by atoms with van der Waals surface area (Å²) in [7, 11) is 0.182. The van der Waals surface area contributed by atoms with E-state index in [4.69, 9.17) is 9.16 Å². The zero-order chi connectivity index (χ0) is 16.6. The molecular weight excluding hydrogens is 288 g/mol. The van der Waals surface area contributed by atoms with E-state index in [2.05, 4.69) is 46.9 Å². The number of methoxy groups -OCH3 is 1. The van der Waals surface area contributed by atoms with Gasteiger partial charge in [0.1, 0.15) is 0 Å². The highest BCUT2D eigenvalue weighted by atomic mass is 28.4. The smallest absolute Gasteiger partial charge is 0.250 e. The first-order valence-electron chi connectivity index (χ1n) is 9.03. The second-order valence-electron chi connectivity index (χ2n) is 9.12. The fraction of sp³-hybridized carbons (Fsp3) is 0.895. The molecule has 22 heavy (non-hydrogen) atoms. The van der Waals surface area contributed by atoms with Crippen molar-refractivity contribution in [2.75, 3.05) is 7.11 Å². The Bertz CT molecular complexity index is 422. The zero-order valence-corrected chi connectivity index (χ0v) is 16.8. The maximum atomic E-state index is 6.61. The van der Waals surface area contributed by atoms with Crippen LogP contribution in [0, 0.1) is 11.3 Å². The van der Waals surface area contributed by atoms with Crippen molar-refractivity contribution in [1.82, 2.24) is 0 Å². The van der Waals surface area contributed by atoms with Crippen LogP contribution in [-0.2, 0) is 9.16 Å². The summed E-state index contributed by atoms with van der Waals surface area (Å²) in [6.45, 7) is 14.1. The summed E-state index contributed by atoms with van der Waals surface area (Å²) in [6.07, 6.45) is 10.3. The van der Waals surface area contributed by atoms with Crippen LogP contribution in [0.1, 0.15) is 66.2 Å². The van der Waals surface area contributed by atoms with E-state index in [9.17, 15) is 0 Å². The highest BCUT2D eigenvalue weighted by Crippen LogP contribution is 2.50. The van der Waals surface area contributed by atoms with Gasteiger partial charge in [0.15, 0.2) is 0 Å². The van der Waals surface area contributed by atoms with Gasteiger partial charge in [-0.2, -0.15) is 0 Å². The van der Waals surface area contributed by atoms with Crippen LogP contribution in [0.5, 0.6) is 0 Å². The molecule has 3 atom stereocenters. The van der Waals surface area contributed by atoms with Crippen molar-refractivity contribution in [2.45, 2.75) is 90.5 Å². The van der Waals surface area contributed by atoms with Crippen LogP contribution in [0.25, 0.3) is 0 Å². The Kier molecular flexibility index (Phi) is 5.18. The molecule has 2 rings (SSSR count). The minimum Gasteiger partial charge on any atom is -0.547 e. The van der Waals surface area contributed by atoms with E-state index in [0.29, 0.717) is 17.4 Å². The van der Waals surface area contributed by atoms with Gasteiger partial charge in [-0.25, -0.2) is 0 Å². The van der Waals surface area contributed by atoms with E-state index in [1.54, 1.807) is 0 Å². The molecule has 0 N–H and O–H groups in total. The third-order valence-electron chi connectivity index (χ3n) is 6.59. The summed E-state index contributed by atoms with van der Waals surface area (Å²) in [6, 6.07) is 0. The van der Waals surface area contributed by atoms with E-state index < -0.39 is 8.32 Å². The fourth-order valence-electron chi connectivity index (χ4n) is 3.87. The van der Waals surface area contributed by atoms with Crippen molar-refractivity contribution in [3.63, 3.8) is 0 Å². The number of ether oxygens (including phenoxy) is 1. The molecule has 0 bridgehead atoms. The van der Waals surface area contributed by atoms with Crippen LogP contribution >= 0.6 is 0 Å². The molecule has 0 spiro atoms. The van der Waals surface area contributed by atoms with Crippen molar-refractivity contribution in [2.24, 2.45) is 11.3 Å². The quantitative estimate of drug-likeness (QED) is 0.602. The first-order valence-corrected chi connectivity index (χ1v) is 11.9. The highest BCUT2D eigenvalue weighted by Gasteiger charge is 2.46. The van der Waals surface area contributed by atoms with E-state index in [-0.39, 0.29) is 5.04 Å². The predicted octanol–water partition coefficient (Wildman–Crippen LogP) is 5.90. The second-order valence-corrected chi connectivity index (χ2v) is 13.8. The van der Waals surface area contributed by atoms with Gasteiger partial charge in [0.05, 0.1) is 11.9 Å². The van der Waals surface area contributed by atoms with Crippen LogP contribution in [0.4, 0.5) is 0 Å². The van der Waals surface area contributed by atoms with Gasteiger partial charge in [0.2, 0.25) is 8.32 Å². The largest absolute Gasteiger partial charge is 0.547 e. The maximum Gasteiger partial charge on any atom is 0.250 e. The van der Waals surface area contributed by atoms with Crippen molar-refractivity contribution in [3.05, 3.63) is 11.8 Å². The molecule has 2 aliphatic rings. The van der Waals surface area contributed by atoms with Gasteiger partial charge in [-0.3, -0.25) is 0 Å². The zero-order valence-electron chi connectivity index (χ0n) is 15.8. The molecule has 0 amide bonds. The van der Waals surface area contributed by atoms with Crippen molar-refractivity contribution < 1.29 is 9.16 Å². The molecular formula is C19H36O2Si. The number of hydrogen-bond acceptors (Lipinski definition) is 2. The molecule has 2 nitrogen and oxygen atoms in total. The predicted molar refractivity (Wildman–Crippen MR) is 96.5 cm³/mol. The van der Waals surface area contributed by atoms with Gasteiger partial charge in [-0.1, -0.05) is 40.5 Å². The first kappa shape index (κ1) is 18.1. The Morgan fingerprint density at radius 1 is 1.18 bits per heavy atom. The summed E-state index contributed by atoms with van der Waals surface area (Å²) < 4.78 is 12.5. The summed E-state index contributed by atoms with van der Waals surface area (Å²) >= 11 is 0. The summed E-state index contributed by atoms with van der Waals surface area (Å²) in [5, 5.41) is 0.271. The lowest BCUT2D eigenvalue weighted by Gasteiger charge is -2.45. The third-order valence-corrected chi connectivity index (χ3v) is 11.0. The van der Waals surface area contributed by atoms with Crippen LogP contribution in [0.3, 0.4) is 0 Å². The molecule has 0 aromatic rings. The molecule has 1 fully saturated rings. The van der Waals surface area contributed by atoms with Crippen LogP contribution in [0.15, 0.2) is 11.8 Å². The summed E-state index contributed by atoms with van der Waals surface area (Å²) in [5.74, 6) is 1.89. The maximum absolute atomic E-state index is 6.61. The van der Waals surface area contributed by atoms with E-state index >= 15 is 0 Å². The Morgan fingerprint density at radius 2 is 1.82 bits per heavy atom. The molecule has 0 unspecified atom stereocenters. The molecule has 0 aromatic heterocycles. The van der Waals surface area contributed by atoms with Gasteiger partial charge in [-0.15, -0.1) is 0 Å². The van der Waals surface area contributed by atoms with Gasteiger partial charge in [0.25, 0.3) is 0 Å². The molecule has 0 aromatic carbocycles. The molecule has 1 saturated carbocycles. The topological polar surface area (TPSA) is 18.5 Å². The highest BCUT2D eigenvalue weighted by molar-refractivity contribution is 6.74. The lowest BCUT2D eigenvalue weighted by Crippen LogP contribution is -2.44. The number of allylic oxidation sites excluding steroid dienone is 2. The third kappa shape index (κ3) is 3.45. The first-order chi connectivity index (χ1) is 10.1. The van der Waals surface area contributed by atoms with Crippen LogP contribution < -0.4 is 0 Å². The second kappa shape index (κ2) is 6.31. The Balaban J connectivity index is 2.20.